The van der Waals surface area contributed by atoms with E-state index in [0.717, 1.165) is 35.0 Å². The Bertz CT molecular complexity index is 1380. The van der Waals surface area contributed by atoms with Gasteiger partial charge in [-0.25, -0.2) is 4.79 Å². The van der Waals surface area contributed by atoms with Crippen LogP contribution in [0.15, 0.2) is 61.5 Å². The fraction of sp³-hybridized carbons (Fsp3) is 0.182. The largest absolute Gasteiger partial charge is 0.519 e. The lowest BCUT2D eigenvalue weighted by atomic mass is 9.78. The minimum Gasteiger partial charge on any atom is -0.492 e. The van der Waals surface area contributed by atoms with E-state index >= 15 is 0 Å². The maximum absolute atomic E-state index is 11.5. The molecule has 7 heteroatoms. The van der Waals surface area contributed by atoms with Gasteiger partial charge in [-0.1, -0.05) is 18.2 Å². The molecule has 4 heterocycles. The van der Waals surface area contributed by atoms with Crippen LogP contribution in [0.25, 0.3) is 11.2 Å². The van der Waals surface area contributed by atoms with Crippen LogP contribution in [0.2, 0.25) is 0 Å². The van der Waals surface area contributed by atoms with Gasteiger partial charge in [-0.15, -0.1) is 11.3 Å². The topological polar surface area (TPSA) is 79.6 Å². The van der Waals surface area contributed by atoms with Crippen molar-refractivity contribution in [3.8, 4) is 11.8 Å². The van der Waals surface area contributed by atoms with Gasteiger partial charge in [0, 0.05) is 34.1 Å². The molecule has 0 saturated heterocycles. The summed E-state index contributed by atoms with van der Waals surface area (Å²) >= 11 is 1.60. The second kappa shape index (κ2) is 5.75. The van der Waals surface area contributed by atoms with Gasteiger partial charge < -0.3 is 18.5 Å². The van der Waals surface area contributed by atoms with Crippen molar-refractivity contribution < 1.29 is 13.6 Å². The fourth-order valence-corrected chi connectivity index (χ4v) is 5.35. The molecule has 2 aliphatic rings. The molecule has 1 atom stereocenters. The first-order chi connectivity index (χ1) is 14.2. The van der Waals surface area contributed by atoms with Crippen LogP contribution in [0.1, 0.15) is 21.6 Å². The van der Waals surface area contributed by atoms with Crippen LogP contribution in [0.4, 0.5) is 5.69 Å². The van der Waals surface area contributed by atoms with Crippen LogP contribution in [0.3, 0.4) is 0 Å². The van der Waals surface area contributed by atoms with Gasteiger partial charge in [0.1, 0.15) is 18.4 Å². The Morgan fingerprint density at radius 2 is 1.97 bits per heavy atom. The smallest absolute Gasteiger partial charge is 0.492 e. The Kier molecular flexibility index (Phi) is 3.26. The molecule has 1 spiro atoms. The molecule has 1 unspecified atom stereocenters. The van der Waals surface area contributed by atoms with Crippen molar-refractivity contribution >= 4 is 28.2 Å². The van der Waals surface area contributed by atoms with Gasteiger partial charge in [-0.3, -0.25) is 0 Å². The first-order valence-electron chi connectivity index (χ1n) is 9.19. The SMILES string of the molecule is N#Cc1csc(CN2CC3(COc4cc5oc(=O)oc5cc43)c3ccccc32)c1. The number of fused-ring (bicyclic) bond motifs is 5. The highest BCUT2D eigenvalue weighted by molar-refractivity contribution is 7.10. The molecular formula is C22H14N2O4S. The van der Waals surface area contributed by atoms with Crippen molar-refractivity contribution in [2.45, 2.75) is 12.0 Å². The molecule has 4 aromatic rings. The van der Waals surface area contributed by atoms with Crippen LogP contribution >= 0.6 is 11.3 Å². The zero-order valence-corrected chi connectivity index (χ0v) is 16.0. The van der Waals surface area contributed by atoms with Gasteiger partial charge in [0.15, 0.2) is 11.2 Å². The molecule has 0 amide bonds. The van der Waals surface area contributed by atoms with E-state index in [9.17, 15) is 4.79 Å². The number of thiophene rings is 1. The second-order valence-electron chi connectivity index (χ2n) is 7.41. The van der Waals surface area contributed by atoms with E-state index in [-0.39, 0.29) is 5.41 Å². The molecule has 0 saturated carbocycles. The van der Waals surface area contributed by atoms with Crippen molar-refractivity contribution in [1.29, 1.82) is 5.26 Å². The van der Waals surface area contributed by atoms with Crippen LogP contribution in [-0.2, 0) is 12.0 Å². The minimum atomic E-state index is -0.711. The van der Waals surface area contributed by atoms with Crippen LogP contribution in [0.5, 0.6) is 5.75 Å². The monoisotopic (exact) mass is 402 g/mol. The minimum absolute atomic E-state index is 0.342. The average molecular weight is 402 g/mol. The second-order valence-corrected chi connectivity index (χ2v) is 8.40. The molecular weight excluding hydrogens is 388 g/mol. The molecule has 0 aliphatic carbocycles. The number of ether oxygens (including phenoxy) is 1. The van der Waals surface area contributed by atoms with E-state index in [4.69, 9.17) is 18.8 Å². The summed E-state index contributed by atoms with van der Waals surface area (Å²) in [5, 5.41) is 11.0. The number of hydrogen-bond donors (Lipinski definition) is 0. The van der Waals surface area contributed by atoms with E-state index < -0.39 is 5.82 Å². The van der Waals surface area contributed by atoms with Gasteiger partial charge in [0.05, 0.1) is 17.5 Å². The summed E-state index contributed by atoms with van der Waals surface area (Å²) in [6.07, 6.45) is 0. The Balaban J connectivity index is 1.47. The summed E-state index contributed by atoms with van der Waals surface area (Å²) in [5.74, 6) is 0.0127. The van der Waals surface area contributed by atoms with Crippen molar-refractivity contribution in [3.63, 3.8) is 0 Å². The molecule has 0 radical (unpaired) electrons. The Morgan fingerprint density at radius 3 is 2.79 bits per heavy atom. The quantitative estimate of drug-likeness (QED) is 0.504. The van der Waals surface area contributed by atoms with Gasteiger partial charge in [-0.2, -0.15) is 5.26 Å². The van der Waals surface area contributed by atoms with Crippen molar-refractivity contribution in [2.75, 3.05) is 18.1 Å². The van der Waals surface area contributed by atoms with Gasteiger partial charge >= 0.3 is 5.82 Å². The summed E-state index contributed by atoms with van der Waals surface area (Å²) in [7, 11) is 0. The molecule has 29 heavy (non-hydrogen) atoms. The number of hydrogen-bond acceptors (Lipinski definition) is 7. The number of rotatable bonds is 2. The van der Waals surface area contributed by atoms with Gasteiger partial charge in [0.2, 0.25) is 0 Å². The maximum atomic E-state index is 11.5. The number of nitriles is 1. The highest BCUT2D eigenvalue weighted by atomic mass is 32.1. The maximum Gasteiger partial charge on any atom is 0.519 e. The molecule has 2 aromatic heterocycles. The van der Waals surface area contributed by atoms with E-state index in [1.54, 1.807) is 17.4 Å². The van der Waals surface area contributed by atoms with E-state index in [1.807, 2.05) is 29.6 Å². The zero-order valence-electron chi connectivity index (χ0n) is 15.2. The van der Waals surface area contributed by atoms with Gasteiger partial charge in [0.25, 0.3) is 0 Å². The Morgan fingerprint density at radius 1 is 1.14 bits per heavy atom. The molecule has 2 aliphatic heterocycles. The zero-order chi connectivity index (χ0) is 19.6. The standard InChI is InChI=1S/C22H14N2O4S/c23-8-13-5-14(29-10-13)9-24-11-22(15-3-1-2-4-17(15)24)12-26-18-7-20-19(6-16(18)22)27-21(25)28-20/h1-7,10H,9,11-12H2. The predicted octanol–water partition coefficient (Wildman–Crippen LogP) is 4.02. The lowest BCUT2D eigenvalue weighted by Crippen LogP contribution is -2.35. The summed E-state index contributed by atoms with van der Waals surface area (Å²) < 4.78 is 16.3. The first kappa shape index (κ1) is 16.5. The first-order valence-corrected chi connectivity index (χ1v) is 10.1. The molecule has 0 N–H and O–H groups in total. The highest BCUT2D eigenvalue weighted by Gasteiger charge is 2.50. The summed E-state index contributed by atoms with van der Waals surface area (Å²) in [4.78, 5) is 15.0. The van der Waals surface area contributed by atoms with E-state index in [0.29, 0.717) is 23.3 Å². The molecule has 142 valence electrons. The van der Waals surface area contributed by atoms with E-state index in [2.05, 4.69) is 23.1 Å². The lowest BCUT2D eigenvalue weighted by molar-refractivity contribution is 0.298. The lowest BCUT2D eigenvalue weighted by Gasteiger charge is -2.24. The highest BCUT2D eigenvalue weighted by Crippen LogP contribution is 2.52. The van der Waals surface area contributed by atoms with Crippen LogP contribution in [-0.4, -0.2) is 13.2 Å². The fourth-order valence-electron chi connectivity index (χ4n) is 4.53. The summed E-state index contributed by atoms with van der Waals surface area (Å²) in [5.41, 5.74) is 4.55. The third kappa shape index (κ3) is 2.30. The van der Waals surface area contributed by atoms with Crippen molar-refractivity contribution in [3.05, 3.63) is 80.0 Å². The number of anilines is 1. The van der Waals surface area contributed by atoms with Crippen LogP contribution in [0, 0.1) is 11.3 Å². The van der Waals surface area contributed by atoms with Crippen molar-refractivity contribution in [2.24, 2.45) is 0 Å². The Hall–Kier alpha value is -3.50. The molecule has 6 rings (SSSR count). The van der Waals surface area contributed by atoms with Crippen molar-refractivity contribution in [1.82, 2.24) is 0 Å². The third-order valence-electron chi connectivity index (χ3n) is 5.77. The van der Waals surface area contributed by atoms with Gasteiger partial charge in [-0.05, 0) is 23.8 Å². The van der Waals surface area contributed by atoms with E-state index in [1.165, 1.54) is 5.56 Å². The number of nitrogens with zero attached hydrogens (tertiary/aromatic N) is 2. The molecule has 6 nitrogen and oxygen atoms in total. The molecule has 0 fully saturated rings. The third-order valence-corrected chi connectivity index (χ3v) is 6.69. The summed E-state index contributed by atoms with van der Waals surface area (Å²) in [6.45, 7) is 1.98. The molecule has 2 aromatic carbocycles. The Labute approximate surface area is 169 Å². The normalized spacial score (nSPS) is 19.3. The summed E-state index contributed by atoms with van der Waals surface area (Å²) in [6, 6.07) is 16.1. The molecule has 0 bridgehead atoms. The number of para-hydroxylation sites is 1. The number of benzene rings is 2. The average Bonchev–Trinajstić information content (AvgIpc) is 3.48. The van der Waals surface area contributed by atoms with Crippen LogP contribution < -0.4 is 15.5 Å². The predicted molar refractivity (Wildman–Crippen MR) is 108 cm³/mol.